The predicted octanol–water partition coefficient (Wildman–Crippen LogP) is 1.36. The van der Waals surface area contributed by atoms with E-state index in [1.807, 2.05) is 48.5 Å². The maximum absolute atomic E-state index is 12.7. The van der Waals surface area contributed by atoms with Crippen LogP contribution in [0.2, 0.25) is 0 Å². The van der Waals surface area contributed by atoms with Crippen molar-refractivity contribution >= 4 is 33.6 Å². The maximum Gasteiger partial charge on any atom is 0.261 e. The number of nitrogens with zero attached hydrogens (tertiary/aromatic N) is 2. The summed E-state index contributed by atoms with van der Waals surface area (Å²) >= 11 is 0. The van der Waals surface area contributed by atoms with Crippen molar-refractivity contribution in [2.45, 2.75) is 37.8 Å². The van der Waals surface area contributed by atoms with Crippen molar-refractivity contribution in [2.24, 2.45) is 9.98 Å². The lowest BCUT2D eigenvalue weighted by Gasteiger charge is -2.29. The van der Waals surface area contributed by atoms with E-state index in [1.54, 1.807) is 0 Å². The minimum Gasteiger partial charge on any atom is -0.368 e. The van der Waals surface area contributed by atoms with E-state index in [2.05, 4.69) is 31.3 Å². The number of nitrogens with one attached hydrogen (secondary N) is 4. The first kappa shape index (κ1) is 28.2. The summed E-state index contributed by atoms with van der Waals surface area (Å²) in [5.74, 6) is 1.68. The Labute approximate surface area is 228 Å². The third-order valence-corrected chi connectivity index (χ3v) is 6.59. The summed E-state index contributed by atoms with van der Waals surface area (Å²) in [6.07, 6.45) is 4.10. The standard InChI is InChI=1S/C26H30N6O2.CH4O3S/c33-25(19-5-1-17(2-6-19)23-27-13-14-28-23)31-21-9-11-22(12-10-21)32-26(34)20-7-3-18(4-8-20)24-29-15-16-30-24;1-5(2,3)4/h1-8,21-22H,9-16H2,(H,27,28)(H,29,30)(H,31,33)(H,32,34);1H3,(H,2,3,4). The quantitative estimate of drug-likeness (QED) is 0.337. The molecule has 5 rings (SSSR count). The van der Waals surface area contributed by atoms with Crippen molar-refractivity contribution < 1.29 is 22.6 Å². The van der Waals surface area contributed by atoms with E-state index in [0.717, 1.165) is 74.7 Å². The molecule has 2 heterocycles. The van der Waals surface area contributed by atoms with Crippen LogP contribution < -0.4 is 21.3 Å². The highest BCUT2D eigenvalue weighted by Crippen LogP contribution is 2.20. The van der Waals surface area contributed by atoms with Crippen molar-refractivity contribution in [1.29, 1.82) is 0 Å². The molecule has 0 unspecified atom stereocenters. The van der Waals surface area contributed by atoms with Crippen LogP contribution in [-0.2, 0) is 10.1 Å². The van der Waals surface area contributed by atoms with Gasteiger partial charge in [0.25, 0.3) is 21.9 Å². The Morgan fingerprint density at radius 1 is 0.744 bits per heavy atom. The van der Waals surface area contributed by atoms with E-state index < -0.39 is 10.1 Å². The number of carbonyl (C=O) groups excluding carboxylic acids is 2. The fourth-order valence-electron chi connectivity index (χ4n) is 4.66. The lowest BCUT2D eigenvalue weighted by atomic mass is 9.90. The summed E-state index contributed by atoms with van der Waals surface area (Å²) < 4.78 is 25.9. The second kappa shape index (κ2) is 12.9. The molecule has 11 nitrogen and oxygen atoms in total. The molecule has 0 aromatic heterocycles. The Bertz CT molecular complexity index is 1230. The number of amidine groups is 2. The van der Waals surface area contributed by atoms with Crippen LogP contribution in [0.4, 0.5) is 0 Å². The zero-order valence-corrected chi connectivity index (χ0v) is 22.6. The topological polar surface area (TPSA) is 161 Å². The fourth-order valence-corrected chi connectivity index (χ4v) is 4.66. The molecule has 0 atom stereocenters. The molecule has 2 amide bonds. The van der Waals surface area contributed by atoms with Crippen molar-refractivity contribution in [1.82, 2.24) is 21.3 Å². The van der Waals surface area contributed by atoms with Crippen LogP contribution in [-0.4, -0.2) is 81.0 Å². The lowest BCUT2D eigenvalue weighted by Crippen LogP contribution is -2.43. The Balaban J connectivity index is 0.000000648. The molecule has 0 radical (unpaired) electrons. The molecule has 1 aliphatic carbocycles. The van der Waals surface area contributed by atoms with Crippen LogP contribution in [0.15, 0.2) is 58.5 Å². The Morgan fingerprint density at radius 2 is 1.08 bits per heavy atom. The first-order chi connectivity index (χ1) is 18.7. The molecule has 0 spiro atoms. The Kier molecular flexibility index (Phi) is 9.31. The summed E-state index contributed by atoms with van der Waals surface area (Å²) in [6.45, 7) is 3.31. The average Bonchev–Trinajstić information content (AvgIpc) is 3.64. The highest BCUT2D eigenvalue weighted by Gasteiger charge is 2.24. The van der Waals surface area contributed by atoms with Gasteiger partial charge in [-0.2, -0.15) is 8.42 Å². The second-order valence-corrected chi connectivity index (χ2v) is 11.2. The van der Waals surface area contributed by atoms with Crippen LogP contribution in [0.5, 0.6) is 0 Å². The molecular weight excluding hydrogens is 520 g/mol. The third-order valence-electron chi connectivity index (χ3n) is 6.59. The van der Waals surface area contributed by atoms with Crippen molar-refractivity contribution in [3.8, 4) is 0 Å². The molecule has 3 aliphatic rings. The largest absolute Gasteiger partial charge is 0.368 e. The SMILES string of the molecule is CS(=O)(=O)O.O=C(NC1CCC(NC(=O)c2ccc(C3=NCCN3)cc2)CC1)c1ccc(C2=NCCN2)cc1. The molecule has 2 aromatic carbocycles. The number of amides is 2. The van der Waals surface area contributed by atoms with Gasteiger partial charge in [0.2, 0.25) is 0 Å². The monoisotopic (exact) mass is 554 g/mol. The van der Waals surface area contributed by atoms with E-state index in [4.69, 9.17) is 4.55 Å². The van der Waals surface area contributed by atoms with Crippen molar-refractivity contribution in [2.75, 3.05) is 32.4 Å². The van der Waals surface area contributed by atoms with Gasteiger partial charge < -0.3 is 21.3 Å². The van der Waals surface area contributed by atoms with E-state index in [9.17, 15) is 18.0 Å². The summed E-state index contributed by atoms with van der Waals surface area (Å²) in [4.78, 5) is 34.2. The van der Waals surface area contributed by atoms with E-state index >= 15 is 0 Å². The average molecular weight is 555 g/mol. The zero-order valence-electron chi connectivity index (χ0n) is 21.8. The minimum atomic E-state index is -3.67. The van der Waals surface area contributed by atoms with Crippen LogP contribution in [0.1, 0.15) is 57.5 Å². The lowest BCUT2D eigenvalue weighted by molar-refractivity contribution is 0.0892. The molecule has 39 heavy (non-hydrogen) atoms. The zero-order chi connectivity index (χ0) is 27.8. The molecule has 5 N–H and O–H groups in total. The fraction of sp³-hybridized carbons (Fsp3) is 0.407. The number of hydrogen-bond donors (Lipinski definition) is 5. The summed E-state index contributed by atoms with van der Waals surface area (Å²) in [7, 11) is -3.67. The molecule has 0 bridgehead atoms. The van der Waals surface area contributed by atoms with Gasteiger partial charge in [-0.25, -0.2) is 0 Å². The van der Waals surface area contributed by atoms with E-state index in [1.165, 1.54) is 0 Å². The van der Waals surface area contributed by atoms with Crippen LogP contribution in [0.25, 0.3) is 0 Å². The third kappa shape index (κ3) is 8.62. The normalized spacial score (nSPS) is 20.4. The number of hydrogen-bond acceptors (Lipinski definition) is 8. The van der Waals surface area contributed by atoms with Gasteiger partial charge in [-0.15, -0.1) is 0 Å². The molecule has 1 fully saturated rings. The van der Waals surface area contributed by atoms with Gasteiger partial charge in [0, 0.05) is 47.4 Å². The van der Waals surface area contributed by atoms with Gasteiger partial charge >= 0.3 is 0 Å². The molecule has 208 valence electrons. The first-order valence-corrected chi connectivity index (χ1v) is 14.8. The van der Waals surface area contributed by atoms with Crippen LogP contribution in [0, 0.1) is 0 Å². The highest BCUT2D eigenvalue weighted by molar-refractivity contribution is 7.85. The van der Waals surface area contributed by atoms with Gasteiger partial charge in [-0.1, -0.05) is 24.3 Å². The highest BCUT2D eigenvalue weighted by atomic mass is 32.2. The number of carbonyl (C=O) groups is 2. The smallest absolute Gasteiger partial charge is 0.261 e. The molecule has 2 aromatic rings. The van der Waals surface area contributed by atoms with Crippen molar-refractivity contribution in [3.63, 3.8) is 0 Å². The van der Waals surface area contributed by atoms with Gasteiger partial charge in [-0.3, -0.25) is 24.1 Å². The Morgan fingerprint density at radius 3 is 1.36 bits per heavy atom. The molecular formula is C27H34N6O5S. The van der Waals surface area contributed by atoms with Gasteiger partial charge in [0.15, 0.2) is 0 Å². The molecule has 12 heteroatoms. The number of rotatable bonds is 6. The second-order valence-electron chi connectivity index (χ2n) is 9.70. The maximum atomic E-state index is 12.7. The summed E-state index contributed by atoms with van der Waals surface area (Å²) in [5, 5.41) is 12.8. The number of aliphatic imine (C=N–C) groups is 2. The Hall–Kier alpha value is -3.77. The van der Waals surface area contributed by atoms with Crippen LogP contribution in [0.3, 0.4) is 0 Å². The van der Waals surface area contributed by atoms with Gasteiger partial charge in [-0.05, 0) is 49.9 Å². The minimum absolute atomic E-state index is 0.0539. The van der Waals surface area contributed by atoms with Crippen LogP contribution >= 0.6 is 0 Å². The van der Waals surface area contributed by atoms with Crippen molar-refractivity contribution in [3.05, 3.63) is 70.8 Å². The molecule has 0 saturated heterocycles. The van der Waals surface area contributed by atoms with Gasteiger partial charge in [0.1, 0.15) is 11.7 Å². The summed E-state index contributed by atoms with van der Waals surface area (Å²) in [5.41, 5.74) is 3.31. The van der Waals surface area contributed by atoms with Gasteiger partial charge in [0.05, 0.1) is 19.3 Å². The first-order valence-electron chi connectivity index (χ1n) is 13.0. The molecule has 1 saturated carbocycles. The predicted molar refractivity (Wildman–Crippen MR) is 150 cm³/mol. The van der Waals surface area contributed by atoms with E-state index in [-0.39, 0.29) is 23.9 Å². The molecule has 2 aliphatic heterocycles. The summed E-state index contributed by atoms with van der Waals surface area (Å²) in [6, 6.07) is 15.4. The number of benzene rings is 2. The van der Waals surface area contributed by atoms with E-state index in [0.29, 0.717) is 17.4 Å².